The van der Waals surface area contributed by atoms with Crippen molar-refractivity contribution in [2.75, 3.05) is 91.6 Å². The second-order valence-corrected chi connectivity index (χ2v) is 13.2. The number of hydrogen-bond donors (Lipinski definition) is 1. The lowest BCUT2D eigenvalue weighted by Crippen LogP contribution is -2.50. The largest absolute Gasteiger partial charge is 0.461 e. The molecule has 1 aliphatic carbocycles. The van der Waals surface area contributed by atoms with Crippen molar-refractivity contribution in [3.05, 3.63) is 10.4 Å². The van der Waals surface area contributed by atoms with Crippen LogP contribution in [0.5, 0.6) is 0 Å². The number of carbonyl (C=O) groups is 4. The molecule has 0 aromatic heterocycles. The Morgan fingerprint density at radius 2 is 1.13 bits per heavy atom. The molecule has 0 radical (unpaired) electrons. The van der Waals surface area contributed by atoms with E-state index in [9.17, 15) is 19.2 Å². The van der Waals surface area contributed by atoms with Crippen molar-refractivity contribution in [2.24, 2.45) is 5.11 Å². The number of nitrogens with one attached hydrogen (secondary N) is 1. The second-order valence-electron chi connectivity index (χ2n) is 13.2. The van der Waals surface area contributed by atoms with Gasteiger partial charge in [0.25, 0.3) is 0 Å². The van der Waals surface area contributed by atoms with Crippen molar-refractivity contribution < 1.29 is 33.4 Å². The molecule has 6 atom stereocenters. The third-order valence-corrected chi connectivity index (χ3v) is 9.48. The SMILES string of the molecule is [N-]=[N+]=NCCCNC(=O)CN1CCN2CCN3CCN(CC1)CC(=O)O[C@@H]1CCCCCC(CC[C@@H](CCC1)OC(=O)C3)OC(=O)C2. The minimum absolute atomic E-state index is 0.135. The summed E-state index contributed by atoms with van der Waals surface area (Å²) in [6.07, 6.45) is 7.54. The molecule has 1 N–H and O–H groups in total. The lowest BCUT2D eigenvalue weighted by molar-refractivity contribution is -0.156. The fourth-order valence-electron chi connectivity index (χ4n) is 6.76. The van der Waals surface area contributed by atoms with Gasteiger partial charge in [-0.15, -0.1) is 0 Å². The molecule has 0 aromatic rings. The summed E-state index contributed by atoms with van der Waals surface area (Å²) in [5.74, 6) is -0.877. The first-order valence-corrected chi connectivity index (χ1v) is 17.6. The standard InChI is InChI=1S/C32H54N8O7/c33-36-35-13-5-12-34-29(41)22-37-14-16-38-18-20-40-21-19-39(17-15-37)24-31(43)46-27-7-3-1-2-6-26(45-30(42)23-38)8-4-9-28(11-10-27)47-32(44)25-40/h26-28H,1-25H2,(H,34,41)/t26-,27?,28-/m1/s1. The van der Waals surface area contributed by atoms with Gasteiger partial charge in [0.2, 0.25) is 5.91 Å². The van der Waals surface area contributed by atoms with E-state index in [1.165, 1.54) is 0 Å². The summed E-state index contributed by atoms with van der Waals surface area (Å²) in [4.78, 5) is 63.9. The fraction of sp³-hybridized carbons (Fsp3) is 0.875. The minimum atomic E-state index is -0.274. The molecular weight excluding hydrogens is 608 g/mol. The van der Waals surface area contributed by atoms with Crippen molar-refractivity contribution >= 4 is 23.8 Å². The minimum Gasteiger partial charge on any atom is -0.461 e. The molecular formula is C32H54N8O7. The van der Waals surface area contributed by atoms with Gasteiger partial charge < -0.3 is 19.5 Å². The highest BCUT2D eigenvalue weighted by Gasteiger charge is 2.27. The maximum absolute atomic E-state index is 13.4. The first-order valence-electron chi connectivity index (χ1n) is 17.6. The summed E-state index contributed by atoms with van der Waals surface area (Å²) >= 11 is 0. The maximum Gasteiger partial charge on any atom is 0.320 e. The van der Waals surface area contributed by atoms with Gasteiger partial charge in [-0.25, -0.2) is 0 Å². The highest BCUT2D eigenvalue weighted by atomic mass is 16.6. The molecule has 4 rings (SSSR count). The monoisotopic (exact) mass is 662 g/mol. The molecule has 0 spiro atoms. The van der Waals surface area contributed by atoms with Crippen LogP contribution in [0.1, 0.15) is 70.6 Å². The van der Waals surface area contributed by atoms with Crippen LogP contribution in [-0.4, -0.2) is 153 Å². The molecule has 47 heavy (non-hydrogen) atoms. The Hall–Kier alpha value is -2.97. The second kappa shape index (κ2) is 20.4. The molecule has 4 unspecified atom stereocenters. The Morgan fingerprint density at radius 3 is 1.62 bits per heavy atom. The molecule has 4 aliphatic rings. The van der Waals surface area contributed by atoms with E-state index < -0.39 is 0 Å². The summed E-state index contributed by atoms with van der Waals surface area (Å²) in [5, 5.41) is 6.41. The van der Waals surface area contributed by atoms with E-state index in [-0.39, 0.29) is 68.3 Å². The average molecular weight is 663 g/mol. The number of esters is 3. The van der Waals surface area contributed by atoms with Crippen LogP contribution in [0, 0.1) is 0 Å². The number of hydrogen-bond acceptors (Lipinski definition) is 12. The van der Waals surface area contributed by atoms with Gasteiger partial charge in [-0.3, -0.25) is 38.8 Å². The van der Waals surface area contributed by atoms with Crippen molar-refractivity contribution in [1.82, 2.24) is 24.9 Å². The molecule has 0 aromatic carbocycles. The molecule has 3 heterocycles. The van der Waals surface area contributed by atoms with Gasteiger partial charge in [0.05, 0.1) is 26.2 Å². The zero-order chi connectivity index (χ0) is 33.3. The summed E-state index contributed by atoms with van der Waals surface area (Å²) in [6.45, 7) is 5.49. The van der Waals surface area contributed by atoms with Crippen LogP contribution in [0.2, 0.25) is 0 Å². The molecule has 15 nitrogen and oxygen atoms in total. The van der Waals surface area contributed by atoms with Crippen LogP contribution < -0.4 is 5.32 Å². The van der Waals surface area contributed by atoms with Crippen molar-refractivity contribution in [2.45, 2.75) is 88.9 Å². The Kier molecular flexibility index (Phi) is 16.0. The number of fused-ring (bicyclic) bond motifs is 11. The van der Waals surface area contributed by atoms with E-state index in [1.54, 1.807) is 0 Å². The first kappa shape index (κ1) is 36.9. The van der Waals surface area contributed by atoms with Crippen molar-refractivity contribution in [1.29, 1.82) is 0 Å². The molecule has 1 saturated carbocycles. The Morgan fingerprint density at radius 1 is 0.681 bits per heavy atom. The number of ether oxygens (including phenoxy) is 3. The van der Waals surface area contributed by atoms with Crippen LogP contribution in [0.4, 0.5) is 0 Å². The molecule has 3 aliphatic heterocycles. The van der Waals surface area contributed by atoms with Crippen LogP contribution in [0.25, 0.3) is 10.4 Å². The number of amides is 1. The van der Waals surface area contributed by atoms with E-state index >= 15 is 0 Å². The first-order chi connectivity index (χ1) is 22.9. The Balaban J connectivity index is 1.60. The summed E-state index contributed by atoms with van der Waals surface area (Å²) in [5.41, 5.74) is 8.48. The Labute approximate surface area is 278 Å². The number of rotatable bonds is 6. The quantitative estimate of drug-likeness (QED) is 0.110. The zero-order valence-corrected chi connectivity index (χ0v) is 27.9. The zero-order valence-electron chi connectivity index (χ0n) is 27.9. The molecule has 264 valence electrons. The van der Waals surface area contributed by atoms with E-state index in [2.05, 4.69) is 30.0 Å². The summed E-state index contributed by atoms with van der Waals surface area (Å²) in [7, 11) is 0. The number of carbonyl (C=O) groups excluding carboxylic acids is 4. The van der Waals surface area contributed by atoms with Crippen molar-refractivity contribution in [3.63, 3.8) is 0 Å². The van der Waals surface area contributed by atoms with Gasteiger partial charge in [0, 0.05) is 70.4 Å². The van der Waals surface area contributed by atoms with Gasteiger partial charge in [-0.05, 0) is 69.7 Å². The maximum atomic E-state index is 13.4. The van der Waals surface area contributed by atoms with Gasteiger partial charge in [0.1, 0.15) is 18.3 Å². The summed E-state index contributed by atoms with van der Waals surface area (Å²) in [6, 6.07) is 0. The average Bonchev–Trinajstić information content (AvgIpc) is 3.04. The van der Waals surface area contributed by atoms with Crippen LogP contribution in [0.15, 0.2) is 5.11 Å². The van der Waals surface area contributed by atoms with Crippen LogP contribution in [0.3, 0.4) is 0 Å². The molecule has 6 bridgehead atoms. The van der Waals surface area contributed by atoms with Gasteiger partial charge in [-0.2, -0.15) is 0 Å². The highest BCUT2D eigenvalue weighted by Crippen LogP contribution is 2.23. The van der Waals surface area contributed by atoms with E-state index in [0.29, 0.717) is 97.6 Å². The lowest BCUT2D eigenvalue weighted by Gasteiger charge is -2.34. The van der Waals surface area contributed by atoms with E-state index in [0.717, 1.165) is 38.5 Å². The third kappa shape index (κ3) is 14.4. The predicted molar refractivity (Wildman–Crippen MR) is 173 cm³/mol. The lowest BCUT2D eigenvalue weighted by atomic mass is 10.0. The third-order valence-electron chi connectivity index (χ3n) is 9.48. The van der Waals surface area contributed by atoms with Gasteiger partial charge in [-0.1, -0.05) is 11.5 Å². The predicted octanol–water partition coefficient (Wildman–Crippen LogP) is 1.70. The van der Waals surface area contributed by atoms with Gasteiger partial charge >= 0.3 is 17.9 Å². The normalized spacial score (nSPS) is 31.0. The molecule has 4 fully saturated rings. The van der Waals surface area contributed by atoms with Gasteiger partial charge in [0.15, 0.2) is 0 Å². The number of azide groups is 1. The van der Waals surface area contributed by atoms with Crippen LogP contribution in [-0.2, 0) is 33.4 Å². The molecule has 1 amide bonds. The summed E-state index contributed by atoms with van der Waals surface area (Å²) < 4.78 is 18.3. The smallest absolute Gasteiger partial charge is 0.320 e. The van der Waals surface area contributed by atoms with E-state index in [1.807, 2.05) is 4.90 Å². The topological polar surface area (TPSA) is 170 Å². The highest BCUT2D eigenvalue weighted by molar-refractivity contribution is 5.78. The number of nitrogens with zero attached hydrogens (tertiary/aromatic N) is 7. The van der Waals surface area contributed by atoms with E-state index in [4.69, 9.17) is 19.7 Å². The van der Waals surface area contributed by atoms with Crippen molar-refractivity contribution in [3.8, 4) is 0 Å². The van der Waals surface area contributed by atoms with Crippen LogP contribution >= 0.6 is 0 Å². The molecule has 15 heteroatoms. The Bertz CT molecular complexity index is 1070. The fourth-order valence-corrected chi connectivity index (χ4v) is 6.76. The molecule has 3 saturated heterocycles.